The minimum absolute atomic E-state index is 0.216. The highest BCUT2D eigenvalue weighted by Gasteiger charge is 2.18. The molecular weight excluding hydrogens is 318 g/mol. The number of para-hydroxylation sites is 1. The minimum atomic E-state index is -0.686. The Hall–Kier alpha value is -2.55. The smallest absolute Gasteiger partial charge is 0.260 e. The van der Waals surface area contributed by atoms with E-state index in [-0.39, 0.29) is 11.8 Å². The molecule has 0 radical (unpaired) electrons. The Bertz CT molecular complexity index is 639. The number of nitriles is 1. The fraction of sp³-hybridized carbons (Fsp3) is 0.526. The number of rotatable bonds is 7. The number of nitrogens with one attached hydrogen (secondary N) is 1. The van der Waals surface area contributed by atoms with E-state index in [4.69, 9.17) is 10.00 Å². The van der Waals surface area contributed by atoms with E-state index in [0.717, 1.165) is 32.2 Å². The molecule has 0 bridgehead atoms. The number of benzene rings is 1. The molecule has 134 valence electrons. The summed E-state index contributed by atoms with van der Waals surface area (Å²) in [6, 6.07) is 8.88. The molecule has 6 nitrogen and oxygen atoms in total. The van der Waals surface area contributed by atoms with Gasteiger partial charge in [-0.1, -0.05) is 18.6 Å². The van der Waals surface area contributed by atoms with Crippen LogP contribution < -0.4 is 10.1 Å². The second kappa shape index (κ2) is 9.67. The number of nitrogens with zero attached hydrogens (tertiary/aromatic N) is 2. The number of ether oxygens (including phenoxy) is 1. The predicted octanol–water partition coefficient (Wildman–Crippen LogP) is 2.23. The molecule has 1 N–H and O–H groups in total. The molecule has 1 aromatic rings. The Morgan fingerprint density at radius 2 is 2.16 bits per heavy atom. The van der Waals surface area contributed by atoms with Crippen molar-refractivity contribution in [2.45, 2.75) is 45.1 Å². The lowest BCUT2D eigenvalue weighted by Gasteiger charge is -2.21. The first-order chi connectivity index (χ1) is 12.1. The van der Waals surface area contributed by atoms with Crippen LogP contribution >= 0.6 is 0 Å². The first kappa shape index (κ1) is 18.8. The molecule has 1 atom stereocenters. The van der Waals surface area contributed by atoms with E-state index in [1.54, 1.807) is 31.2 Å². The maximum Gasteiger partial charge on any atom is 0.260 e. The van der Waals surface area contributed by atoms with Gasteiger partial charge in [0, 0.05) is 26.1 Å². The van der Waals surface area contributed by atoms with Gasteiger partial charge in [-0.2, -0.15) is 5.26 Å². The van der Waals surface area contributed by atoms with Crippen molar-refractivity contribution < 1.29 is 14.3 Å². The zero-order valence-corrected chi connectivity index (χ0v) is 14.7. The summed E-state index contributed by atoms with van der Waals surface area (Å²) in [7, 11) is 0. The summed E-state index contributed by atoms with van der Waals surface area (Å²) < 4.78 is 5.58. The SMILES string of the molecule is C[C@@H](Oc1ccccc1C#N)C(=O)NCCCN1CCCCCC1=O. The Balaban J connectivity index is 1.72. The highest BCUT2D eigenvalue weighted by Crippen LogP contribution is 2.18. The van der Waals surface area contributed by atoms with Crippen molar-refractivity contribution in [2.75, 3.05) is 19.6 Å². The summed E-state index contributed by atoms with van der Waals surface area (Å²) >= 11 is 0. The normalized spacial score (nSPS) is 15.8. The predicted molar refractivity (Wildman–Crippen MR) is 93.9 cm³/mol. The van der Waals surface area contributed by atoms with Gasteiger partial charge in [0.25, 0.3) is 5.91 Å². The minimum Gasteiger partial charge on any atom is -0.480 e. The summed E-state index contributed by atoms with van der Waals surface area (Å²) in [6.07, 6.45) is 3.81. The Morgan fingerprint density at radius 3 is 2.96 bits per heavy atom. The molecule has 0 unspecified atom stereocenters. The van der Waals surface area contributed by atoms with Crippen LogP contribution in [0.5, 0.6) is 5.75 Å². The lowest BCUT2D eigenvalue weighted by Crippen LogP contribution is -2.38. The standard InChI is InChI=1S/C19H25N3O3/c1-15(25-17-9-5-4-8-16(17)14-20)19(24)21-11-7-13-22-12-6-2-3-10-18(22)23/h4-5,8-9,15H,2-3,6-7,10-13H2,1H3,(H,21,24)/t15-/m1/s1. The van der Waals surface area contributed by atoms with Crippen molar-refractivity contribution in [1.29, 1.82) is 5.26 Å². The molecule has 1 fully saturated rings. The number of carbonyl (C=O) groups is 2. The van der Waals surface area contributed by atoms with Crippen LogP contribution in [-0.2, 0) is 9.59 Å². The zero-order chi connectivity index (χ0) is 18.1. The van der Waals surface area contributed by atoms with Crippen LogP contribution in [-0.4, -0.2) is 42.5 Å². The van der Waals surface area contributed by atoms with E-state index >= 15 is 0 Å². The molecule has 25 heavy (non-hydrogen) atoms. The lowest BCUT2D eigenvalue weighted by atomic mass is 10.2. The van der Waals surface area contributed by atoms with E-state index in [2.05, 4.69) is 5.32 Å². The maximum atomic E-state index is 12.1. The Morgan fingerprint density at radius 1 is 1.36 bits per heavy atom. The van der Waals surface area contributed by atoms with Crippen LogP contribution in [0.15, 0.2) is 24.3 Å². The van der Waals surface area contributed by atoms with Gasteiger partial charge in [-0.3, -0.25) is 9.59 Å². The third kappa shape index (κ3) is 5.79. The third-order valence-electron chi connectivity index (χ3n) is 4.26. The third-order valence-corrected chi connectivity index (χ3v) is 4.26. The van der Waals surface area contributed by atoms with Crippen LogP contribution in [0.4, 0.5) is 0 Å². The average molecular weight is 343 g/mol. The van der Waals surface area contributed by atoms with Crippen LogP contribution in [0.25, 0.3) is 0 Å². The quantitative estimate of drug-likeness (QED) is 0.770. The molecule has 1 aliphatic rings. The fourth-order valence-corrected chi connectivity index (χ4v) is 2.81. The molecule has 0 saturated carbocycles. The topological polar surface area (TPSA) is 82.4 Å². The molecular formula is C19H25N3O3. The van der Waals surface area contributed by atoms with E-state index < -0.39 is 6.10 Å². The van der Waals surface area contributed by atoms with Gasteiger partial charge < -0.3 is 15.0 Å². The van der Waals surface area contributed by atoms with Gasteiger partial charge in [0.1, 0.15) is 11.8 Å². The van der Waals surface area contributed by atoms with Crippen molar-refractivity contribution in [3.8, 4) is 11.8 Å². The summed E-state index contributed by atoms with van der Waals surface area (Å²) in [5.41, 5.74) is 0.404. The summed E-state index contributed by atoms with van der Waals surface area (Å²) in [5, 5.41) is 11.9. The van der Waals surface area contributed by atoms with E-state index in [1.807, 2.05) is 11.0 Å². The first-order valence-corrected chi connectivity index (χ1v) is 8.83. The van der Waals surface area contributed by atoms with Gasteiger partial charge in [0.05, 0.1) is 5.56 Å². The van der Waals surface area contributed by atoms with E-state index in [0.29, 0.717) is 30.8 Å². The molecule has 1 saturated heterocycles. The number of amides is 2. The molecule has 1 heterocycles. The van der Waals surface area contributed by atoms with E-state index in [9.17, 15) is 9.59 Å². The number of carbonyl (C=O) groups excluding carboxylic acids is 2. The number of hydrogen-bond donors (Lipinski definition) is 1. The second-order valence-corrected chi connectivity index (χ2v) is 6.20. The molecule has 1 aliphatic heterocycles. The summed E-state index contributed by atoms with van der Waals surface area (Å²) in [5.74, 6) is 0.395. The molecule has 0 aromatic heterocycles. The van der Waals surface area contributed by atoms with E-state index in [1.165, 1.54) is 0 Å². The molecule has 1 aromatic carbocycles. The molecule has 0 spiro atoms. The van der Waals surface area contributed by atoms with Crippen LogP contribution in [0.2, 0.25) is 0 Å². The zero-order valence-electron chi connectivity index (χ0n) is 14.7. The molecule has 2 amide bonds. The fourth-order valence-electron chi connectivity index (χ4n) is 2.81. The van der Waals surface area contributed by atoms with Crippen molar-refractivity contribution >= 4 is 11.8 Å². The molecule has 6 heteroatoms. The average Bonchev–Trinajstić information content (AvgIpc) is 2.83. The van der Waals surface area contributed by atoms with Gasteiger partial charge in [-0.25, -0.2) is 0 Å². The molecule has 0 aliphatic carbocycles. The van der Waals surface area contributed by atoms with Gasteiger partial charge >= 0.3 is 0 Å². The monoisotopic (exact) mass is 343 g/mol. The largest absolute Gasteiger partial charge is 0.480 e. The van der Waals surface area contributed by atoms with Crippen molar-refractivity contribution in [2.24, 2.45) is 0 Å². The van der Waals surface area contributed by atoms with Crippen molar-refractivity contribution in [3.63, 3.8) is 0 Å². The lowest BCUT2D eigenvalue weighted by molar-refractivity contribution is -0.130. The Kier molecular flexibility index (Phi) is 7.27. The van der Waals surface area contributed by atoms with Crippen molar-refractivity contribution in [1.82, 2.24) is 10.2 Å². The van der Waals surface area contributed by atoms with Crippen molar-refractivity contribution in [3.05, 3.63) is 29.8 Å². The van der Waals surface area contributed by atoms with Gasteiger partial charge in [-0.05, 0) is 38.3 Å². The second-order valence-electron chi connectivity index (χ2n) is 6.20. The summed E-state index contributed by atoms with van der Waals surface area (Å²) in [6.45, 7) is 3.64. The Labute approximate surface area is 148 Å². The maximum absolute atomic E-state index is 12.1. The van der Waals surface area contributed by atoms with Crippen LogP contribution in [0.1, 0.15) is 44.6 Å². The van der Waals surface area contributed by atoms with Gasteiger partial charge in [0.15, 0.2) is 6.10 Å². The van der Waals surface area contributed by atoms with Crippen LogP contribution in [0.3, 0.4) is 0 Å². The highest BCUT2D eigenvalue weighted by atomic mass is 16.5. The van der Waals surface area contributed by atoms with Crippen LogP contribution in [0, 0.1) is 11.3 Å². The summed E-state index contributed by atoms with van der Waals surface area (Å²) in [4.78, 5) is 25.9. The first-order valence-electron chi connectivity index (χ1n) is 8.83. The van der Waals surface area contributed by atoms with Gasteiger partial charge in [-0.15, -0.1) is 0 Å². The molecule has 2 rings (SSSR count). The number of hydrogen-bond acceptors (Lipinski definition) is 4. The highest BCUT2D eigenvalue weighted by molar-refractivity contribution is 5.80. The number of likely N-dealkylation sites (tertiary alicyclic amines) is 1. The van der Waals surface area contributed by atoms with Gasteiger partial charge in [0.2, 0.25) is 5.91 Å².